The zero-order valence-corrected chi connectivity index (χ0v) is 21.1. The van der Waals surface area contributed by atoms with Crippen LogP contribution in [0.4, 0.5) is 0 Å². The molecule has 1 aromatic carbocycles. The molecule has 0 spiro atoms. The first kappa shape index (κ1) is 31.0. The van der Waals surface area contributed by atoms with E-state index in [1.807, 2.05) is 35.2 Å². The maximum atomic E-state index is 13.2. The lowest BCUT2D eigenvalue weighted by atomic mass is 10.2. The van der Waals surface area contributed by atoms with Crippen LogP contribution in [0.1, 0.15) is 5.56 Å². The Balaban J connectivity index is 2.75. The van der Waals surface area contributed by atoms with Gasteiger partial charge in [0.1, 0.15) is 19.8 Å². The number of rotatable bonds is 19. The average molecular weight is 513 g/mol. The minimum atomic E-state index is -0.518. The lowest BCUT2D eigenvalue weighted by Crippen LogP contribution is -2.44. The van der Waals surface area contributed by atoms with Gasteiger partial charge >= 0.3 is 17.9 Å². The van der Waals surface area contributed by atoms with Crippen LogP contribution in [0.3, 0.4) is 0 Å². The third kappa shape index (κ3) is 14.4. The molecular formula is C24H36N2O10. The summed E-state index contributed by atoms with van der Waals surface area (Å²) in [5, 5.41) is 0. The molecule has 0 fully saturated rings. The Labute approximate surface area is 211 Å². The van der Waals surface area contributed by atoms with Gasteiger partial charge in [-0.25, -0.2) is 14.4 Å². The van der Waals surface area contributed by atoms with Gasteiger partial charge in [0, 0.05) is 26.2 Å². The van der Waals surface area contributed by atoms with E-state index in [4.69, 9.17) is 14.2 Å². The maximum Gasteiger partial charge on any atom is 0.331 e. The normalized spacial score (nSPS) is 10.7. The number of methoxy groups -OCH3 is 3. The lowest BCUT2D eigenvalue weighted by Gasteiger charge is -2.27. The number of carbonyl (C=O) groups excluding carboxylic acids is 4. The maximum absolute atomic E-state index is 13.2. The third-order valence-corrected chi connectivity index (χ3v) is 4.87. The fourth-order valence-electron chi connectivity index (χ4n) is 2.89. The summed E-state index contributed by atoms with van der Waals surface area (Å²) in [6.45, 7) is 1.16. The van der Waals surface area contributed by atoms with Crippen molar-refractivity contribution >= 4 is 23.8 Å². The van der Waals surface area contributed by atoms with Crippen molar-refractivity contribution in [3.63, 3.8) is 0 Å². The van der Waals surface area contributed by atoms with Gasteiger partial charge in [-0.1, -0.05) is 30.3 Å². The predicted octanol–water partition coefficient (Wildman–Crippen LogP) is -0.114. The molecule has 12 nitrogen and oxygen atoms in total. The summed E-state index contributed by atoms with van der Waals surface area (Å²) >= 11 is 0. The van der Waals surface area contributed by atoms with Crippen molar-refractivity contribution in [2.45, 2.75) is 6.54 Å². The van der Waals surface area contributed by atoms with Crippen molar-refractivity contribution in [1.29, 1.82) is 0 Å². The largest absolute Gasteiger partial charge is 0.467 e. The summed E-state index contributed by atoms with van der Waals surface area (Å²) < 4.78 is 29.6. The highest BCUT2D eigenvalue weighted by molar-refractivity contribution is 5.78. The van der Waals surface area contributed by atoms with Crippen LogP contribution in [0.15, 0.2) is 30.3 Å². The molecule has 1 rings (SSSR count). The second-order valence-electron chi connectivity index (χ2n) is 7.46. The number of nitrogens with zero attached hydrogens (tertiary/aromatic N) is 2. The summed E-state index contributed by atoms with van der Waals surface area (Å²) in [6, 6.07) is 9.62. The van der Waals surface area contributed by atoms with Gasteiger partial charge in [-0.2, -0.15) is 0 Å². The molecule has 0 saturated heterocycles. The summed E-state index contributed by atoms with van der Waals surface area (Å²) in [5.41, 5.74) is 1.01. The van der Waals surface area contributed by atoms with E-state index in [2.05, 4.69) is 14.2 Å². The van der Waals surface area contributed by atoms with Crippen LogP contribution in [0.5, 0.6) is 0 Å². The standard InChI is InChI=1S/C24H36N2O10/c1-31-22(28)17-34-12-9-25(15-20-7-5-4-6-8-20)16-21(27)26(10-13-35-18-23(29)32-2)11-14-36-19-24(30)33-3/h4-8H,9-19H2,1-3H3. The highest BCUT2D eigenvalue weighted by Crippen LogP contribution is 2.06. The van der Waals surface area contributed by atoms with Crippen molar-refractivity contribution < 1.29 is 47.6 Å². The first-order valence-electron chi connectivity index (χ1n) is 11.4. The molecule has 36 heavy (non-hydrogen) atoms. The highest BCUT2D eigenvalue weighted by Gasteiger charge is 2.19. The van der Waals surface area contributed by atoms with Crippen LogP contribution in [0.25, 0.3) is 0 Å². The van der Waals surface area contributed by atoms with Crippen molar-refractivity contribution in [3.05, 3.63) is 35.9 Å². The van der Waals surface area contributed by atoms with Gasteiger partial charge in [-0.15, -0.1) is 0 Å². The molecule has 1 amide bonds. The molecule has 202 valence electrons. The average Bonchev–Trinajstić information content (AvgIpc) is 2.89. The summed E-state index contributed by atoms with van der Waals surface area (Å²) in [4.78, 5) is 50.4. The van der Waals surface area contributed by atoms with Crippen molar-refractivity contribution in [2.75, 3.05) is 87.1 Å². The van der Waals surface area contributed by atoms with Gasteiger partial charge in [-0.05, 0) is 5.56 Å². The fraction of sp³-hybridized carbons (Fsp3) is 0.583. The van der Waals surface area contributed by atoms with Gasteiger partial charge in [0.05, 0.1) is 47.7 Å². The van der Waals surface area contributed by atoms with Gasteiger partial charge in [0.15, 0.2) is 0 Å². The number of ether oxygens (including phenoxy) is 6. The molecule has 0 atom stereocenters. The van der Waals surface area contributed by atoms with Crippen LogP contribution < -0.4 is 0 Å². The topological polar surface area (TPSA) is 130 Å². The molecule has 0 unspecified atom stereocenters. The quantitative estimate of drug-likeness (QED) is 0.140. The number of hydrogen-bond acceptors (Lipinski definition) is 11. The predicted molar refractivity (Wildman–Crippen MR) is 127 cm³/mol. The van der Waals surface area contributed by atoms with Crippen LogP contribution in [0.2, 0.25) is 0 Å². The SMILES string of the molecule is COC(=O)COCCN(CC(=O)N(CCOCC(=O)OC)CCOCC(=O)OC)Cc1ccccc1. The zero-order chi connectivity index (χ0) is 26.6. The Bertz CT molecular complexity index is 766. The lowest BCUT2D eigenvalue weighted by molar-refractivity contribution is -0.147. The molecule has 0 saturated carbocycles. The van der Waals surface area contributed by atoms with E-state index in [0.29, 0.717) is 13.1 Å². The summed E-state index contributed by atoms with van der Waals surface area (Å²) in [6.07, 6.45) is 0. The summed E-state index contributed by atoms with van der Waals surface area (Å²) in [7, 11) is 3.80. The van der Waals surface area contributed by atoms with E-state index in [-0.39, 0.29) is 65.2 Å². The third-order valence-electron chi connectivity index (χ3n) is 4.87. The van der Waals surface area contributed by atoms with E-state index in [9.17, 15) is 19.2 Å². The number of esters is 3. The van der Waals surface area contributed by atoms with Crippen LogP contribution in [0, 0.1) is 0 Å². The fourth-order valence-corrected chi connectivity index (χ4v) is 2.89. The molecule has 12 heteroatoms. The number of benzene rings is 1. The van der Waals surface area contributed by atoms with E-state index >= 15 is 0 Å². The molecular weight excluding hydrogens is 476 g/mol. The molecule has 0 aliphatic heterocycles. The second-order valence-corrected chi connectivity index (χ2v) is 7.46. The van der Waals surface area contributed by atoms with Crippen molar-refractivity contribution in [1.82, 2.24) is 9.80 Å². The highest BCUT2D eigenvalue weighted by atomic mass is 16.6. The van der Waals surface area contributed by atoms with Crippen LogP contribution in [-0.4, -0.2) is 121 Å². The zero-order valence-electron chi connectivity index (χ0n) is 21.1. The molecule has 0 aliphatic carbocycles. The van der Waals surface area contributed by atoms with E-state index < -0.39 is 17.9 Å². The number of carbonyl (C=O) groups is 4. The minimum absolute atomic E-state index is 0.0600. The Hall–Kier alpha value is -3.06. The van der Waals surface area contributed by atoms with E-state index in [0.717, 1.165) is 5.56 Å². The number of amides is 1. The monoisotopic (exact) mass is 512 g/mol. The Morgan fingerprint density at radius 1 is 0.667 bits per heavy atom. The van der Waals surface area contributed by atoms with Gasteiger partial charge in [0.2, 0.25) is 5.91 Å². The smallest absolute Gasteiger partial charge is 0.331 e. The molecule has 1 aromatic rings. The van der Waals surface area contributed by atoms with E-state index in [1.165, 1.54) is 26.2 Å². The Morgan fingerprint density at radius 2 is 1.11 bits per heavy atom. The van der Waals surface area contributed by atoms with Crippen molar-refractivity contribution in [3.8, 4) is 0 Å². The molecule has 0 aliphatic rings. The molecule has 0 heterocycles. The Morgan fingerprint density at radius 3 is 1.56 bits per heavy atom. The molecule has 0 N–H and O–H groups in total. The molecule has 0 bridgehead atoms. The first-order valence-corrected chi connectivity index (χ1v) is 11.4. The summed E-state index contributed by atoms with van der Waals surface area (Å²) in [5.74, 6) is -1.72. The Kier molecular flexibility index (Phi) is 16.5. The number of hydrogen-bond donors (Lipinski definition) is 0. The minimum Gasteiger partial charge on any atom is -0.467 e. The first-order chi connectivity index (χ1) is 17.4. The van der Waals surface area contributed by atoms with Gasteiger partial charge in [0.25, 0.3) is 0 Å². The second kappa shape index (κ2) is 19.2. The van der Waals surface area contributed by atoms with E-state index in [1.54, 1.807) is 0 Å². The van der Waals surface area contributed by atoms with Gasteiger partial charge in [-0.3, -0.25) is 9.69 Å². The van der Waals surface area contributed by atoms with Crippen molar-refractivity contribution in [2.24, 2.45) is 0 Å². The van der Waals surface area contributed by atoms with Gasteiger partial charge < -0.3 is 33.3 Å². The van der Waals surface area contributed by atoms with Crippen LogP contribution >= 0.6 is 0 Å². The molecule has 0 aromatic heterocycles. The molecule has 0 radical (unpaired) electrons. The van der Waals surface area contributed by atoms with Crippen LogP contribution in [-0.2, 0) is 54.1 Å².